The van der Waals surface area contributed by atoms with Crippen LogP contribution in [0, 0.1) is 0 Å². The van der Waals surface area contributed by atoms with Crippen LogP contribution in [0.3, 0.4) is 0 Å². The fourth-order valence-corrected chi connectivity index (χ4v) is 1.69. The van der Waals surface area contributed by atoms with Gasteiger partial charge >= 0.3 is 0 Å². The Morgan fingerprint density at radius 1 is 1.29 bits per heavy atom. The summed E-state index contributed by atoms with van der Waals surface area (Å²) in [7, 11) is 0. The molecule has 0 aliphatic carbocycles. The highest BCUT2D eigenvalue weighted by Gasteiger charge is 2.05. The van der Waals surface area contributed by atoms with Crippen LogP contribution in [0.2, 0.25) is 0 Å². The number of nitrogens with one attached hydrogen (secondary N) is 1. The van der Waals surface area contributed by atoms with E-state index < -0.39 is 0 Å². The van der Waals surface area contributed by atoms with Gasteiger partial charge in [0.2, 0.25) is 0 Å². The number of hydrogen-bond donors (Lipinski definition) is 1. The average Bonchev–Trinajstić information content (AvgIpc) is 2.49. The van der Waals surface area contributed by atoms with Crippen molar-refractivity contribution < 1.29 is 14.3 Å². The van der Waals surface area contributed by atoms with Gasteiger partial charge in [0.05, 0.1) is 6.54 Å². The molecule has 0 amide bonds. The van der Waals surface area contributed by atoms with E-state index in [1.54, 1.807) is 12.1 Å². The van der Waals surface area contributed by atoms with Gasteiger partial charge in [-0.1, -0.05) is 6.58 Å². The molecule has 1 aromatic carbocycles. The van der Waals surface area contributed by atoms with Crippen molar-refractivity contribution in [2.24, 2.45) is 0 Å². The minimum Gasteiger partial charge on any atom is -0.489 e. The average molecular weight is 291 g/mol. The first kappa shape index (κ1) is 17.4. The number of hydrogen-bond acceptors (Lipinski definition) is 4. The molecule has 1 aromatic rings. The molecular weight excluding hydrogens is 266 g/mol. The van der Waals surface area contributed by atoms with Crippen LogP contribution < -0.4 is 10.1 Å². The first-order chi connectivity index (χ1) is 10.1. The lowest BCUT2D eigenvalue weighted by atomic mass is 10.1. The maximum atomic E-state index is 12.0. The summed E-state index contributed by atoms with van der Waals surface area (Å²) in [6.45, 7) is 10.8. The Balaban J connectivity index is 2.29. The second-order valence-electron chi connectivity index (χ2n) is 4.92. The van der Waals surface area contributed by atoms with Crippen molar-refractivity contribution in [2.75, 3.05) is 32.9 Å². The predicted octanol–water partition coefficient (Wildman–Crippen LogP) is 2.84. The van der Waals surface area contributed by atoms with E-state index in [1.807, 2.05) is 26.0 Å². The van der Waals surface area contributed by atoms with Crippen molar-refractivity contribution in [2.45, 2.75) is 20.3 Å². The standard InChI is InChI=1S/C17H25NO3/c1-4-20-11-5-10-18-12-17(19)15-6-8-16(9-7-15)21-13-14(2)3/h6-9,18H,2,4-5,10-13H2,1,3H3. The molecule has 1 N–H and O–H groups in total. The molecule has 0 aliphatic rings. The topological polar surface area (TPSA) is 47.6 Å². The van der Waals surface area contributed by atoms with Crippen molar-refractivity contribution >= 4 is 5.78 Å². The number of ether oxygens (including phenoxy) is 2. The van der Waals surface area contributed by atoms with Gasteiger partial charge in [-0.05, 0) is 56.7 Å². The Labute approximate surface area is 127 Å². The Morgan fingerprint density at radius 2 is 2.00 bits per heavy atom. The first-order valence-corrected chi connectivity index (χ1v) is 7.32. The summed E-state index contributed by atoms with van der Waals surface area (Å²) in [6, 6.07) is 7.20. The fourth-order valence-electron chi connectivity index (χ4n) is 1.69. The number of rotatable bonds is 11. The van der Waals surface area contributed by atoms with E-state index in [4.69, 9.17) is 9.47 Å². The van der Waals surface area contributed by atoms with Gasteiger partial charge < -0.3 is 14.8 Å². The van der Waals surface area contributed by atoms with Crippen LogP contribution in [0.25, 0.3) is 0 Å². The zero-order valence-corrected chi connectivity index (χ0v) is 13.0. The van der Waals surface area contributed by atoms with Gasteiger partial charge in [0.25, 0.3) is 0 Å². The second kappa shape index (κ2) is 10.1. The van der Waals surface area contributed by atoms with Crippen molar-refractivity contribution in [1.82, 2.24) is 5.32 Å². The largest absolute Gasteiger partial charge is 0.489 e. The van der Waals surface area contributed by atoms with Gasteiger partial charge in [0.15, 0.2) is 5.78 Å². The van der Waals surface area contributed by atoms with Gasteiger partial charge in [-0.3, -0.25) is 4.79 Å². The minimum atomic E-state index is 0.0814. The highest BCUT2D eigenvalue weighted by Crippen LogP contribution is 2.13. The Kier molecular flexibility index (Phi) is 8.40. The number of carbonyl (C=O) groups excluding carboxylic acids is 1. The third-order valence-electron chi connectivity index (χ3n) is 2.79. The van der Waals surface area contributed by atoms with Gasteiger partial charge in [-0.25, -0.2) is 0 Å². The van der Waals surface area contributed by atoms with Crippen molar-refractivity contribution in [3.05, 3.63) is 42.0 Å². The summed E-state index contributed by atoms with van der Waals surface area (Å²) in [5, 5.41) is 3.12. The summed E-state index contributed by atoms with van der Waals surface area (Å²) in [6.07, 6.45) is 0.912. The molecule has 0 bridgehead atoms. The van der Waals surface area contributed by atoms with Gasteiger partial charge in [0, 0.05) is 18.8 Å². The summed E-state index contributed by atoms with van der Waals surface area (Å²) < 4.78 is 10.7. The molecule has 0 aliphatic heterocycles. The zero-order chi connectivity index (χ0) is 15.5. The molecule has 0 radical (unpaired) electrons. The number of ketones is 1. The molecule has 0 atom stereocenters. The number of Topliss-reactive ketones (excluding diaryl/α,β-unsaturated/α-hetero) is 1. The Bertz CT molecular complexity index is 440. The van der Waals surface area contributed by atoms with E-state index in [9.17, 15) is 4.79 Å². The Morgan fingerprint density at radius 3 is 2.62 bits per heavy atom. The molecule has 21 heavy (non-hydrogen) atoms. The molecule has 116 valence electrons. The molecule has 4 nitrogen and oxygen atoms in total. The van der Waals surface area contributed by atoms with E-state index in [0.717, 1.165) is 37.5 Å². The molecule has 0 aromatic heterocycles. The van der Waals surface area contributed by atoms with Crippen LogP contribution in [-0.2, 0) is 4.74 Å². The molecular formula is C17H25NO3. The van der Waals surface area contributed by atoms with Crippen LogP contribution in [0.5, 0.6) is 5.75 Å². The van der Waals surface area contributed by atoms with Gasteiger partial charge in [-0.15, -0.1) is 0 Å². The van der Waals surface area contributed by atoms with Crippen LogP contribution in [-0.4, -0.2) is 38.7 Å². The number of benzene rings is 1. The molecule has 0 heterocycles. The maximum absolute atomic E-state index is 12.0. The minimum absolute atomic E-state index is 0.0814. The van der Waals surface area contributed by atoms with Crippen molar-refractivity contribution in [3.63, 3.8) is 0 Å². The summed E-state index contributed by atoms with van der Waals surface area (Å²) in [5.74, 6) is 0.831. The van der Waals surface area contributed by atoms with Gasteiger partial charge in [-0.2, -0.15) is 0 Å². The van der Waals surface area contributed by atoms with Crippen molar-refractivity contribution in [3.8, 4) is 5.75 Å². The third kappa shape index (κ3) is 7.63. The van der Waals surface area contributed by atoms with Gasteiger partial charge in [0.1, 0.15) is 12.4 Å². The lowest BCUT2D eigenvalue weighted by Crippen LogP contribution is -2.24. The van der Waals surface area contributed by atoms with E-state index >= 15 is 0 Å². The Hall–Kier alpha value is -1.65. The van der Waals surface area contributed by atoms with Crippen LogP contribution >= 0.6 is 0 Å². The molecule has 4 heteroatoms. The van der Waals surface area contributed by atoms with Crippen LogP contribution in [0.1, 0.15) is 30.6 Å². The first-order valence-electron chi connectivity index (χ1n) is 7.32. The lowest BCUT2D eigenvalue weighted by Gasteiger charge is -2.07. The molecule has 0 spiro atoms. The molecule has 0 saturated carbocycles. The summed E-state index contributed by atoms with van der Waals surface area (Å²) >= 11 is 0. The predicted molar refractivity (Wildman–Crippen MR) is 85.1 cm³/mol. The maximum Gasteiger partial charge on any atom is 0.176 e. The van der Waals surface area contributed by atoms with E-state index in [-0.39, 0.29) is 5.78 Å². The fraction of sp³-hybridized carbons (Fsp3) is 0.471. The number of carbonyl (C=O) groups is 1. The summed E-state index contributed by atoms with van der Waals surface area (Å²) in [4.78, 5) is 12.0. The normalized spacial score (nSPS) is 10.4. The lowest BCUT2D eigenvalue weighted by molar-refractivity contribution is 0.0988. The quantitative estimate of drug-likeness (QED) is 0.387. The monoisotopic (exact) mass is 291 g/mol. The highest BCUT2D eigenvalue weighted by atomic mass is 16.5. The van der Waals surface area contributed by atoms with Crippen LogP contribution in [0.4, 0.5) is 0 Å². The van der Waals surface area contributed by atoms with Crippen molar-refractivity contribution in [1.29, 1.82) is 0 Å². The zero-order valence-electron chi connectivity index (χ0n) is 13.0. The highest BCUT2D eigenvalue weighted by molar-refractivity contribution is 5.97. The van der Waals surface area contributed by atoms with E-state index in [0.29, 0.717) is 18.7 Å². The molecule has 0 unspecified atom stereocenters. The molecule has 0 saturated heterocycles. The third-order valence-corrected chi connectivity index (χ3v) is 2.79. The van der Waals surface area contributed by atoms with E-state index in [2.05, 4.69) is 11.9 Å². The molecule has 1 rings (SSSR count). The van der Waals surface area contributed by atoms with Crippen LogP contribution in [0.15, 0.2) is 36.4 Å². The second-order valence-corrected chi connectivity index (χ2v) is 4.92. The van der Waals surface area contributed by atoms with E-state index in [1.165, 1.54) is 0 Å². The summed E-state index contributed by atoms with van der Waals surface area (Å²) in [5.41, 5.74) is 1.65. The smallest absolute Gasteiger partial charge is 0.176 e. The molecule has 0 fully saturated rings. The SMILES string of the molecule is C=C(C)COc1ccc(C(=O)CNCCCOCC)cc1.